The third-order valence-electron chi connectivity index (χ3n) is 1.14. The van der Waals surface area contributed by atoms with Crippen LogP contribution in [0.5, 0.6) is 0 Å². The Hall–Kier alpha value is -2.11. The van der Waals surface area contributed by atoms with Crippen LogP contribution in [0, 0.1) is 5.41 Å². The van der Waals surface area contributed by atoms with E-state index in [1.54, 1.807) is 20.8 Å². The summed E-state index contributed by atoms with van der Waals surface area (Å²) < 4.78 is 8.33. The zero-order chi connectivity index (χ0) is 16.1. The van der Waals surface area contributed by atoms with Crippen LogP contribution in [0.4, 0.5) is 0 Å². The average molecular weight is 274 g/mol. The molecule has 0 fully saturated rings. The first-order valence-corrected chi connectivity index (χ1v) is 5.28. The van der Waals surface area contributed by atoms with Crippen molar-refractivity contribution >= 4 is 17.9 Å². The van der Waals surface area contributed by atoms with E-state index in [1.165, 1.54) is 13.8 Å². The van der Waals surface area contributed by atoms with Gasteiger partial charge in [-0.2, -0.15) is 0 Å². The maximum Gasteiger partial charge on any atom is 0.308 e. The summed E-state index contributed by atoms with van der Waals surface area (Å²) in [5.74, 6) is -1.41. The summed E-state index contributed by atoms with van der Waals surface area (Å²) >= 11 is 0. The molecule has 0 aliphatic heterocycles. The Morgan fingerprint density at radius 2 is 1.16 bits per heavy atom. The van der Waals surface area contributed by atoms with Gasteiger partial charge < -0.3 is 14.6 Å². The number of carboxylic acid groups (broad SMARTS) is 1. The quantitative estimate of drug-likeness (QED) is 0.614. The van der Waals surface area contributed by atoms with Crippen LogP contribution in [-0.2, 0) is 23.9 Å². The van der Waals surface area contributed by atoms with Gasteiger partial charge in [0.05, 0.1) is 17.9 Å². The van der Waals surface area contributed by atoms with Gasteiger partial charge in [-0.15, -0.1) is 0 Å². The summed E-state index contributed by atoms with van der Waals surface area (Å²) in [5.41, 5.74) is -0.583. The van der Waals surface area contributed by atoms with E-state index in [0.717, 1.165) is 12.5 Å². The zero-order valence-electron chi connectivity index (χ0n) is 12.1. The first-order chi connectivity index (χ1) is 8.48. The summed E-state index contributed by atoms with van der Waals surface area (Å²) in [4.78, 5) is 29.5. The molecule has 6 heteroatoms. The molecule has 0 aromatic carbocycles. The summed E-state index contributed by atoms with van der Waals surface area (Å²) in [6.45, 7) is 13.9. The molecule has 6 nitrogen and oxygen atoms in total. The molecule has 1 N–H and O–H groups in total. The average Bonchev–Trinajstić information content (AvgIpc) is 2.16. The van der Waals surface area contributed by atoms with Gasteiger partial charge in [0.1, 0.15) is 0 Å². The van der Waals surface area contributed by atoms with Crippen LogP contribution in [0.3, 0.4) is 0 Å². The molecule has 0 atom stereocenters. The molecule has 0 aliphatic carbocycles. The molecule has 0 rings (SSSR count). The molecule has 0 spiro atoms. The molecule has 0 aromatic heterocycles. The lowest BCUT2D eigenvalue weighted by Gasteiger charge is -2.08. The maximum atomic E-state index is 10.0. The van der Waals surface area contributed by atoms with Gasteiger partial charge in [-0.25, -0.2) is 0 Å². The van der Waals surface area contributed by atoms with Crippen LogP contribution < -0.4 is 0 Å². The van der Waals surface area contributed by atoms with Crippen molar-refractivity contribution in [3.05, 3.63) is 25.7 Å². The molecule has 19 heavy (non-hydrogen) atoms. The summed E-state index contributed by atoms with van der Waals surface area (Å²) in [7, 11) is 0. The number of hydrogen-bond donors (Lipinski definition) is 1. The Kier molecular flexibility index (Phi) is 14.4. The van der Waals surface area contributed by atoms with Crippen molar-refractivity contribution in [3.8, 4) is 0 Å². The standard InChI is InChI=1S/C5H10O2.2C4H6O2/c1-5(2,3)4(6)7;2*1-3-6-4(2)5/h1-3H3,(H,6,7);2*3H,1H2,2H3. The molecular formula is C13H22O6. The topological polar surface area (TPSA) is 89.9 Å². The minimum atomic E-state index is -0.757. The van der Waals surface area contributed by atoms with Gasteiger partial charge in [0.15, 0.2) is 0 Å². The smallest absolute Gasteiger partial charge is 0.308 e. The van der Waals surface area contributed by atoms with Crippen molar-refractivity contribution in [3.63, 3.8) is 0 Å². The third-order valence-corrected chi connectivity index (χ3v) is 1.14. The molecule has 0 aliphatic rings. The van der Waals surface area contributed by atoms with E-state index in [4.69, 9.17) is 5.11 Å². The number of hydrogen-bond acceptors (Lipinski definition) is 5. The van der Waals surface area contributed by atoms with Crippen molar-refractivity contribution in [1.82, 2.24) is 0 Å². The number of carboxylic acids is 1. The molecule has 0 saturated carbocycles. The van der Waals surface area contributed by atoms with Crippen LogP contribution in [-0.4, -0.2) is 23.0 Å². The van der Waals surface area contributed by atoms with E-state index in [-0.39, 0.29) is 11.9 Å². The molecule has 0 heterocycles. The molecule has 0 radical (unpaired) electrons. The van der Waals surface area contributed by atoms with Gasteiger partial charge in [0, 0.05) is 13.8 Å². The van der Waals surface area contributed by atoms with Crippen molar-refractivity contribution in [1.29, 1.82) is 0 Å². The molecule has 0 saturated heterocycles. The van der Waals surface area contributed by atoms with E-state index < -0.39 is 11.4 Å². The van der Waals surface area contributed by atoms with E-state index in [9.17, 15) is 14.4 Å². The second kappa shape index (κ2) is 12.3. The van der Waals surface area contributed by atoms with Gasteiger partial charge in [0.2, 0.25) is 0 Å². The van der Waals surface area contributed by atoms with Gasteiger partial charge in [-0.1, -0.05) is 13.2 Å². The van der Waals surface area contributed by atoms with E-state index in [1.807, 2.05) is 0 Å². The zero-order valence-corrected chi connectivity index (χ0v) is 12.1. The highest BCUT2D eigenvalue weighted by molar-refractivity contribution is 5.72. The monoisotopic (exact) mass is 274 g/mol. The number of rotatable bonds is 2. The number of carbonyl (C=O) groups excluding carboxylic acids is 2. The molecule has 0 unspecified atom stereocenters. The fourth-order valence-electron chi connectivity index (χ4n) is 0.235. The summed E-state index contributed by atoms with van der Waals surface area (Å²) in [6, 6.07) is 0. The first-order valence-electron chi connectivity index (χ1n) is 5.28. The second-order valence-electron chi connectivity index (χ2n) is 4.11. The van der Waals surface area contributed by atoms with Gasteiger partial charge in [-0.05, 0) is 20.8 Å². The van der Waals surface area contributed by atoms with Crippen molar-refractivity contribution in [2.24, 2.45) is 5.41 Å². The van der Waals surface area contributed by atoms with Crippen LogP contribution >= 0.6 is 0 Å². The summed E-state index contributed by atoms with van der Waals surface area (Å²) in [5, 5.41) is 8.25. The van der Waals surface area contributed by atoms with Crippen LogP contribution in [0.1, 0.15) is 34.6 Å². The lowest BCUT2D eigenvalue weighted by atomic mass is 9.98. The van der Waals surface area contributed by atoms with Crippen LogP contribution in [0.25, 0.3) is 0 Å². The SMILES string of the molecule is C=COC(C)=O.C=COC(C)=O.CC(C)(C)C(=O)O. The fourth-order valence-corrected chi connectivity index (χ4v) is 0.235. The first kappa shape index (κ1) is 22.1. The van der Waals surface area contributed by atoms with E-state index >= 15 is 0 Å². The maximum absolute atomic E-state index is 10.0. The molecule has 0 amide bonds. The van der Waals surface area contributed by atoms with Gasteiger partial charge in [-0.3, -0.25) is 14.4 Å². The summed E-state index contributed by atoms with van der Waals surface area (Å²) in [6.07, 6.45) is 2.20. The largest absolute Gasteiger partial charge is 0.481 e. The Bertz CT molecular complexity index is 292. The number of aliphatic carboxylic acids is 1. The Balaban J connectivity index is -0.000000203. The Labute approximate surface area is 113 Å². The van der Waals surface area contributed by atoms with E-state index in [0.29, 0.717) is 0 Å². The molecule has 110 valence electrons. The Morgan fingerprint density at radius 3 is 1.16 bits per heavy atom. The van der Waals surface area contributed by atoms with Crippen molar-refractivity contribution in [2.75, 3.05) is 0 Å². The lowest BCUT2D eigenvalue weighted by molar-refractivity contribution is -0.146. The fraction of sp³-hybridized carbons (Fsp3) is 0.462. The highest BCUT2D eigenvalue weighted by Gasteiger charge is 2.18. The van der Waals surface area contributed by atoms with Gasteiger partial charge >= 0.3 is 17.9 Å². The Morgan fingerprint density at radius 1 is 0.947 bits per heavy atom. The number of ether oxygens (including phenoxy) is 2. The predicted molar refractivity (Wildman–Crippen MR) is 71.0 cm³/mol. The molecule has 0 bridgehead atoms. The minimum Gasteiger partial charge on any atom is -0.481 e. The molecule has 0 aromatic rings. The second-order valence-corrected chi connectivity index (χ2v) is 4.11. The van der Waals surface area contributed by atoms with Crippen LogP contribution in [0.15, 0.2) is 25.7 Å². The van der Waals surface area contributed by atoms with Crippen LogP contribution in [0.2, 0.25) is 0 Å². The number of esters is 2. The third kappa shape index (κ3) is 31.3. The van der Waals surface area contributed by atoms with Gasteiger partial charge in [0.25, 0.3) is 0 Å². The number of carbonyl (C=O) groups is 3. The minimum absolute atomic E-state index is 0.329. The normalized spacial score (nSPS) is 8.47. The molecular weight excluding hydrogens is 252 g/mol. The highest BCUT2D eigenvalue weighted by atomic mass is 16.5. The van der Waals surface area contributed by atoms with E-state index in [2.05, 4.69) is 22.6 Å². The highest BCUT2D eigenvalue weighted by Crippen LogP contribution is 2.11. The van der Waals surface area contributed by atoms with Crippen molar-refractivity contribution < 1.29 is 29.0 Å². The predicted octanol–water partition coefficient (Wildman–Crippen LogP) is 2.50. The lowest BCUT2D eigenvalue weighted by Crippen LogP contribution is -2.18. The van der Waals surface area contributed by atoms with Crippen molar-refractivity contribution in [2.45, 2.75) is 34.6 Å².